The van der Waals surface area contributed by atoms with Gasteiger partial charge in [-0.3, -0.25) is 4.90 Å². The van der Waals surface area contributed by atoms with E-state index in [1.165, 1.54) is 34.6 Å². The highest BCUT2D eigenvalue weighted by molar-refractivity contribution is 7.91. The zero-order valence-corrected chi connectivity index (χ0v) is 21.4. The molecule has 0 atom stereocenters. The smallest absolute Gasteiger partial charge is 0.286 e. The number of anilines is 1. The maximum absolute atomic E-state index is 13.2. The molecule has 184 valence electrons. The van der Waals surface area contributed by atoms with Crippen LogP contribution in [0.1, 0.15) is 6.42 Å². The van der Waals surface area contributed by atoms with Crippen molar-refractivity contribution in [1.82, 2.24) is 9.21 Å². The van der Waals surface area contributed by atoms with E-state index in [9.17, 15) is 25.3 Å². The Bertz CT molecular complexity index is 1470. The molecule has 0 bridgehead atoms. The standard InChI is InChI=1S/C20H23ClN4O6S3/c1-32(26,27)16-4-2-5-17(13-16)34(30,31)25-9-3-8-24(10-11-25)14-20-22-18-7-6-15(21)12-19(18)33(28,29)23-20/h2,4-7,12-13H,3,8-11,14H2,1H3,(H,22,23). The Morgan fingerprint density at radius 2 is 1.74 bits per heavy atom. The Hall–Kier alpha value is -2.03. The van der Waals surface area contributed by atoms with Gasteiger partial charge in [0.05, 0.1) is 22.0 Å². The summed E-state index contributed by atoms with van der Waals surface area (Å²) in [5.41, 5.74) is 0.388. The molecule has 2 aromatic rings. The first kappa shape index (κ1) is 25.1. The quantitative estimate of drug-likeness (QED) is 0.598. The van der Waals surface area contributed by atoms with Gasteiger partial charge in [0.15, 0.2) is 9.84 Å². The maximum Gasteiger partial charge on any atom is 0.286 e. The van der Waals surface area contributed by atoms with E-state index >= 15 is 0 Å². The second-order valence-corrected chi connectivity index (χ2v) is 14.0. The number of hydrogen-bond donors (Lipinski definition) is 1. The van der Waals surface area contributed by atoms with Crippen LogP contribution in [-0.2, 0) is 29.9 Å². The number of sulfonamides is 2. The Balaban J connectivity index is 1.48. The molecular formula is C20H23ClN4O6S3. The summed E-state index contributed by atoms with van der Waals surface area (Å²) < 4.78 is 80.2. The van der Waals surface area contributed by atoms with E-state index in [-0.39, 0.29) is 40.2 Å². The number of rotatable bonds is 5. The number of nitrogens with zero attached hydrogens (tertiary/aromatic N) is 3. The predicted molar refractivity (Wildman–Crippen MR) is 129 cm³/mol. The highest BCUT2D eigenvalue weighted by Gasteiger charge is 2.30. The summed E-state index contributed by atoms with van der Waals surface area (Å²) in [7, 11) is -11.3. The number of benzene rings is 2. The van der Waals surface area contributed by atoms with Crippen molar-refractivity contribution in [2.45, 2.75) is 21.1 Å². The molecule has 14 heteroatoms. The Labute approximate surface area is 204 Å². The molecule has 2 aliphatic heterocycles. The van der Waals surface area contributed by atoms with Gasteiger partial charge in [-0.25, -0.2) is 16.8 Å². The minimum atomic E-state index is -3.90. The molecule has 10 nitrogen and oxygen atoms in total. The lowest BCUT2D eigenvalue weighted by atomic mass is 10.3. The lowest BCUT2D eigenvalue weighted by Gasteiger charge is -2.24. The fourth-order valence-electron chi connectivity index (χ4n) is 3.83. The molecule has 0 unspecified atom stereocenters. The molecule has 34 heavy (non-hydrogen) atoms. The largest absolute Gasteiger partial charge is 0.341 e. The zero-order chi connectivity index (χ0) is 24.7. The first-order valence-corrected chi connectivity index (χ1v) is 15.4. The van der Waals surface area contributed by atoms with Gasteiger partial charge in [-0.05, 0) is 49.4 Å². The number of hydrogen-bond acceptors (Lipinski definition) is 8. The van der Waals surface area contributed by atoms with Gasteiger partial charge >= 0.3 is 0 Å². The molecule has 2 heterocycles. The summed E-state index contributed by atoms with van der Waals surface area (Å²) in [5, 5.41) is 3.31. The van der Waals surface area contributed by atoms with Crippen molar-refractivity contribution < 1.29 is 25.3 Å². The third kappa shape index (κ3) is 5.29. The van der Waals surface area contributed by atoms with Gasteiger partial charge in [0.25, 0.3) is 10.0 Å². The molecule has 1 saturated heterocycles. The van der Waals surface area contributed by atoms with E-state index < -0.39 is 29.9 Å². The highest BCUT2D eigenvalue weighted by atomic mass is 35.5. The fraction of sp³-hybridized carbons (Fsp3) is 0.350. The number of halogens is 1. The number of sulfone groups is 1. The van der Waals surface area contributed by atoms with Gasteiger partial charge in [0, 0.05) is 30.9 Å². The van der Waals surface area contributed by atoms with Crippen LogP contribution in [0.15, 0.2) is 61.5 Å². The summed E-state index contributed by atoms with van der Waals surface area (Å²) in [4.78, 5) is 1.79. The third-order valence-electron chi connectivity index (χ3n) is 5.52. The Morgan fingerprint density at radius 3 is 2.47 bits per heavy atom. The average molecular weight is 547 g/mol. The van der Waals surface area contributed by atoms with Crippen LogP contribution >= 0.6 is 11.6 Å². The van der Waals surface area contributed by atoms with Crippen molar-refractivity contribution in [2.75, 3.05) is 44.3 Å². The summed E-state index contributed by atoms with van der Waals surface area (Å²) in [6, 6.07) is 9.81. The summed E-state index contributed by atoms with van der Waals surface area (Å²) in [6.07, 6.45) is 1.54. The van der Waals surface area contributed by atoms with E-state index in [0.717, 1.165) is 6.26 Å². The second kappa shape index (κ2) is 9.21. The minimum absolute atomic E-state index is 0.00760. The second-order valence-electron chi connectivity index (χ2n) is 8.06. The van der Waals surface area contributed by atoms with Crippen molar-refractivity contribution in [3.63, 3.8) is 0 Å². The molecule has 0 aromatic heterocycles. The summed E-state index contributed by atoms with van der Waals surface area (Å²) in [5.74, 6) is 0.243. The van der Waals surface area contributed by atoms with Gasteiger partial charge < -0.3 is 5.32 Å². The molecule has 2 aromatic carbocycles. The van der Waals surface area contributed by atoms with Crippen molar-refractivity contribution >= 4 is 53.0 Å². The Morgan fingerprint density at radius 1 is 1.00 bits per heavy atom. The predicted octanol–water partition coefficient (Wildman–Crippen LogP) is 1.65. The summed E-state index contributed by atoms with van der Waals surface area (Å²) >= 11 is 5.91. The van der Waals surface area contributed by atoms with E-state index in [1.54, 1.807) is 12.1 Å². The Kier molecular flexibility index (Phi) is 6.79. The molecule has 0 radical (unpaired) electrons. The monoisotopic (exact) mass is 546 g/mol. The molecule has 0 amide bonds. The van der Waals surface area contributed by atoms with Crippen molar-refractivity contribution in [3.8, 4) is 0 Å². The van der Waals surface area contributed by atoms with Crippen LogP contribution in [-0.4, -0.2) is 79.3 Å². The molecule has 1 N–H and O–H groups in total. The van der Waals surface area contributed by atoms with Crippen LogP contribution in [0, 0.1) is 0 Å². The maximum atomic E-state index is 13.2. The lowest BCUT2D eigenvalue weighted by Crippen LogP contribution is -2.39. The van der Waals surface area contributed by atoms with Gasteiger partial charge in [0.1, 0.15) is 10.7 Å². The lowest BCUT2D eigenvalue weighted by molar-refractivity contribution is 0.324. The first-order valence-electron chi connectivity index (χ1n) is 10.3. The van der Waals surface area contributed by atoms with E-state index in [0.29, 0.717) is 30.2 Å². The van der Waals surface area contributed by atoms with Crippen LogP contribution in [0.4, 0.5) is 5.69 Å². The van der Waals surface area contributed by atoms with E-state index in [2.05, 4.69) is 9.71 Å². The molecule has 0 saturated carbocycles. The molecule has 2 aliphatic rings. The summed E-state index contributed by atoms with van der Waals surface area (Å²) in [6.45, 7) is 1.49. The highest BCUT2D eigenvalue weighted by Crippen LogP contribution is 2.30. The first-order chi connectivity index (χ1) is 15.9. The van der Waals surface area contributed by atoms with Gasteiger partial charge in [-0.15, -0.1) is 4.40 Å². The van der Waals surface area contributed by atoms with Crippen molar-refractivity contribution in [1.29, 1.82) is 0 Å². The minimum Gasteiger partial charge on any atom is -0.341 e. The number of amidine groups is 1. The molecular weight excluding hydrogens is 524 g/mol. The number of nitrogens with one attached hydrogen (secondary N) is 1. The van der Waals surface area contributed by atoms with Gasteiger partial charge in [-0.1, -0.05) is 17.7 Å². The third-order valence-corrected chi connectivity index (χ3v) is 10.1. The van der Waals surface area contributed by atoms with Crippen LogP contribution < -0.4 is 5.32 Å². The van der Waals surface area contributed by atoms with E-state index in [4.69, 9.17) is 11.6 Å². The normalized spacial score (nSPS) is 19.5. The number of fused-ring (bicyclic) bond motifs is 1. The SMILES string of the molecule is CS(=O)(=O)c1cccc(S(=O)(=O)N2CCCN(CC3=NS(=O)(=O)c4cc(Cl)ccc4N3)CC2)c1. The zero-order valence-electron chi connectivity index (χ0n) is 18.2. The molecule has 4 rings (SSSR count). The van der Waals surface area contributed by atoms with Crippen LogP contribution in [0.2, 0.25) is 5.02 Å². The van der Waals surface area contributed by atoms with Crippen LogP contribution in [0.25, 0.3) is 0 Å². The van der Waals surface area contributed by atoms with Crippen molar-refractivity contribution in [2.24, 2.45) is 4.40 Å². The molecule has 0 spiro atoms. The fourth-order valence-corrected chi connectivity index (χ4v) is 7.48. The molecule has 0 aliphatic carbocycles. The van der Waals surface area contributed by atoms with Gasteiger partial charge in [-0.2, -0.15) is 12.7 Å². The van der Waals surface area contributed by atoms with Crippen LogP contribution in [0.5, 0.6) is 0 Å². The van der Waals surface area contributed by atoms with Crippen molar-refractivity contribution in [3.05, 3.63) is 47.5 Å². The average Bonchev–Trinajstić information content (AvgIpc) is 2.99. The van der Waals surface area contributed by atoms with Crippen LogP contribution in [0.3, 0.4) is 0 Å². The van der Waals surface area contributed by atoms with E-state index in [1.807, 2.05) is 4.90 Å². The topological polar surface area (TPSA) is 133 Å². The molecule has 1 fully saturated rings. The van der Waals surface area contributed by atoms with Gasteiger partial charge in [0.2, 0.25) is 10.0 Å².